The van der Waals surface area contributed by atoms with Gasteiger partial charge >= 0.3 is 0 Å². The first-order valence-electron chi connectivity index (χ1n) is 23.1. The van der Waals surface area contributed by atoms with Gasteiger partial charge in [0.1, 0.15) is 0 Å². The zero-order valence-corrected chi connectivity index (χ0v) is 38.2. The SMILES string of the molecule is Cc1cc(N(c2ccc(C3=CCCC=C3)cc2)c2ccc(-c3ccccc3)cc2)cc(C)c1-c1c(C)cc(N(c2ccc(-c3ccccc3)cc2)c2ccc(-c3ccccc3)cc2)cc1C. The molecular weight excluding hydrogens is 797 g/mol. The first-order valence-corrected chi connectivity index (χ1v) is 23.1. The van der Waals surface area contributed by atoms with E-state index in [4.69, 9.17) is 0 Å². The molecule has 2 nitrogen and oxygen atoms in total. The van der Waals surface area contributed by atoms with Crippen molar-refractivity contribution in [1.29, 1.82) is 0 Å². The molecule has 0 atom stereocenters. The second-order valence-corrected chi connectivity index (χ2v) is 17.5. The maximum absolute atomic E-state index is 2.40. The number of hydrogen-bond acceptors (Lipinski definition) is 2. The van der Waals surface area contributed by atoms with E-state index in [1.807, 2.05) is 0 Å². The lowest BCUT2D eigenvalue weighted by molar-refractivity contribution is 1.04. The van der Waals surface area contributed by atoms with Crippen LogP contribution >= 0.6 is 0 Å². The molecule has 0 fully saturated rings. The normalized spacial score (nSPS) is 12.2. The Morgan fingerprint density at radius 3 is 0.864 bits per heavy atom. The van der Waals surface area contributed by atoms with Gasteiger partial charge in [-0.15, -0.1) is 0 Å². The van der Waals surface area contributed by atoms with Crippen LogP contribution < -0.4 is 9.80 Å². The molecule has 1 aliphatic rings. The summed E-state index contributed by atoms with van der Waals surface area (Å²) in [6, 6.07) is 77.3. The maximum atomic E-state index is 2.40. The topological polar surface area (TPSA) is 6.48 Å². The fourth-order valence-electron chi connectivity index (χ4n) is 9.75. The van der Waals surface area contributed by atoms with Crippen LogP contribution in [-0.4, -0.2) is 0 Å². The van der Waals surface area contributed by atoms with E-state index in [0.29, 0.717) is 0 Å². The zero-order chi connectivity index (χ0) is 45.0. The van der Waals surface area contributed by atoms with Gasteiger partial charge in [0.15, 0.2) is 0 Å². The summed E-state index contributed by atoms with van der Waals surface area (Å²) in [6.45, 7) is 9.09. The van der Waals surface area contributed by atoms with Gasteiger partial charge in [-0.05, 0) is 191 Å². The Hall–Kier alpha value is -7.94. The summed E-state index contributed by atoms with van der Waals surface area (Å²) >= 11 is 0. The summed E-state index contributed by atoms with van der Waals surface area (Å²) in [5.41, 5.74) is 24.1. The van der Waals surface area contributed by atoms with Crippen molar-refractivity contribution >= 4 is 39.7 Å². The van der Waals surface area contributed by atoms with Crippen molar-refractivity contribution in [3.05, 3.63) is 258 Å². The van der Waals surface area contributed by atoms with Gasteiger partial charge in [0.25, 0.3) is 0 Å². The minimum absolute atomic E-state index is 1.09. The van der Waals surface area contributed by atoms with Crippen LogP contribution in [0.5, 0.6) is 0 Å². The van der Waals surface area contributed by atoms with E-state index in [1.54, 1.807) is 0 Å². The molecule has 0 aliphatic heterocycles. The summed E-state index contributed by atoms with van der Waals surface area (Å²) in [4.78, 5) is 4.80. The molecule has 10 rings (SSSR count). The van der Waals surface area contributed by atoms with Crippen LogP contribution in [0.25, 0.3) is 50.1 Å². The van der Waals surface area contributed by atoms with Gasteiger partial charge in [-0.2, -0.15) is 0 Å². The molecule has 0 radical (unpaired) electrons. The van der Waals surface area contributed by atoms with E-state index in [0.717, 1.165) is 47.0 Å². The number of benzene rings is 9. The molecule has 0 aromatic heterocycles. The average Bonchev–Trinajstić information content (AvgIpc) is 3.37. The summed E-state index contributed by atoms with van der Waals surface area (Å²) < 4.78 is 0. The van der Waals surface area contributed by atoms with Crippen molar-refractivity contribution in [3.63, 3.8) is 0 Å². The molecule has 0 saturated carbocycles. The largest absolute Gasteiger partial charge is 0.310 e. The van der Waals surface area contributed by atoms with Gasteiger partial charge in [-0.25, -0.2) is 0 Å². The van der Waals surface area contributed by atoms with Gasteiger partial charge in [0.05, 0.1) is 0 Å². The lowest BCUT2D eigenvalue weighted by Crippen LogP contribution is -2.12. The van der Waals surface area contributed by atoms with Crippen molar-refractivity contribution in [2.75, 3.05) is 9.80 Å². The zero-order valence-electron chi connectivity index (χ0n) is 38.2. The van der Waals surface area contributed by atoms with Crippen LogP contribution in [0, 0.1) is 27.7 Å². The fourth-order valence-corrected chi connectivity index (χ4v) is 9.75. The highest BCUT2D eigenvalue weighted by Crippen LogP contribution is 2.44. The summed E-state index contributed by atoms with van der Waals surface area (Å²) in [5, 5.41) is 0. The van der Waals surface area contributed by atoms with Crippen molar-refractivity contribution in [2.24, 2.45) is 0 Å². The fraction of sp³-hybridized carbons (Fsp3) is 0.0938. The number of anilines is 6. The van der Waals surface area contributed by atoms with Gasteiger partial charge in [0.2, 0.25) is 0 Å². The Bertz CT molecular complexity index is 3030. The van der Waals surface area contributed by atoms with E-state index in [9.17, 15) is 0 Å². The van der Waals surface area contributed by atoms with Gasteiger partial charge < -0.3 is 9.80 Å². The molecule has 0 amide bonds. The highest BCUT2D eigenvalue weighted by atomic mass is 15.1. The molecule has 9 aromatic carbocycles. The predicted octanol–water partition coefficient (Wildman–Crippen LogP) is 18.3. The van der Waals surface area contributed by atoms with Crippen LogP contribution in [0.1, 0.15) is 40.7 Å². The van der Waals surface area contributed by atoms with Crippen molar-refractivity contribution in [2.45, 2.75) is 40.5 Å². The van der Waals surface area contributed by atoms with Crippen LogP contribution in [0.4, 0.5) is 34.1 Å². The van der Waals surface area contributed by atoms with Crippen molar-refractivity contribution in [1.82, 2.24) is 0 Å². The summed E-state index contributed by atoms with van der Waals surface area (Å²) in [6.07, 6.45) is 9.08. The third kappa shape index (κ3) is 8.66. The van der Waals surface area contributed by atoms with E-state index in [-0.39, 0.29) is 0 Å². The molecule has 0 bridgehead atoms. The quantitative estimate of drug-likeness (QED) is 0.128. The minimum Gasteiger partial charge on any atom is -0.310 e. The minimum atomic E-state index is 1.09. The lowest BCUT2D eigenvalue weighted by Gasteiger charge is -2.29. The average molecular weight is 851 g/mol. The van der Waals surface area contributed by atoms with E-state index >= 15 is 0 Å². The molecule has 0 heterocycles. The number of allylic oxidation sites excluding steroid dienone is 4. The first kappa shape index (κ1) is 42.0. The molecule has 320 valence electrons. The van der Waals surface area contributed by atoms with Crippen molar-refractivity contribution in [3.8, 4) is 44.5 Å². The van der Waals surface area contributed by atoms with Gasteiger partial charge in [-0.1, -0.05) is 158 Å². The molecule has 0 unspecified atom stereocenters. The summed E-state index contributed by atoms with van der Waals surface area (Å²) in [5.74, 6) is 0. The Balaban J connectivity index is 1.03. The second-order valence-electron chi connectivity index (χ2n) is 17.5. The standard InChI is InChI=1S/C64H54N2/c1-45-41-61(65(57-33-25-53(26-34-57)49-17-9-5-10-18-49)58-35-27-54(28-36-58)50-19-11-6-12-20-50)42-46(2)63(45)64-47(3)43-62(44-48(64)4)66(59-37-29-55(30-38-59)51-21-13-7-14-22-51)60-39-31-56(32-40-60)52-23-15-8-16-24-52/h5-7,9-15,17-44H,8,16H2,1-4H3. The molecule has 0 spiro atoms. The van der Waals surface area contributed by atoms with Gasteiger partial charge in [-0.3, -0.25) is 0 Å². The third-order valence-electron chi connectivity index (χ3n) is 13.0. The van der Waals surface area contributed by atoms with Crippen molar-refractivity contribution < 1.29 is 0 Å². The van der Waals surface area contributed by atoms with E-state index < -0.39 is 0 Å². The molecular formula is C64H54N2. The predicted molar refractivity (Wildman–Crippen MR) is 283 cm³/mol. The number of nitrogens with zero attached hydrogens (tertiary/aromatic N) is 2. The number of hydrogen-bond donors (Lipinski definition) is 0. The van der Waals surface area contributed by atoms with E-state index in [1.165, 1.54) is 77.9 Å². The Morgan fingerprint density at radius 2 is 0.576 bits per heavy atom. The highest BCUT2D eigenvalue weighted by molar-refractivity contribution is 5.88. The van der Waals surface area contributed by atoms with Crippen LogP contribution in [-0.2, 0) is 0 Å². The Labute approximate surface area is 391 Å². The third-order valence-corrected chi connectivity index (χ3v) is 13.0. The molecule has 2 heteroatoms. The second kappa shape index (κ2) is 18.6. The van der Waals surface area contributed by atoms with Gasteiger partial charge in [0, 0.05) is 34.1 Å². The smallest absolute Gasteiger partial charge is 0.0467 e. The molecule has 0 saturated heterocycles. The Morgan fingerprint density at radius 1 is 0.288 bits per heavy atom. The van der Waals surface area contributed by atoms with Crippen LogP contribution in [0.3, 0.4) is 0 Å². The maximum Gasteiger partial charge on any atom is 0.0467 e. The number of aryl methyl sites for hydroxylation is 4. The molecule has 66 heavy (non-hydrogen) atoms. The monoisotopic (exact) mass is 850 g/mol. The summed E-state index contributed by atoms with van der Waals surface area (Å²) in [7, 11) is 0. The molecule has 1 aliphatic carbocycles. The highest BCUT2D eigenvalue weighted by Gasteiger charge is 2.21. The first-order chi connectivity index (χ1) is 32.4. The van der Waals surface area contributed by atoms with Crippen LogP contribution in [0.15, 0.2) is 231 Å². The van der Waals surface area contributed by atoms with E-state index in [2.05, 4.69) is 268 Å². The Kier molecular flexibility index (Phi) is 11.9. The molecule has 9 aromatic rings. The number of rotatable bonds is 11. The lowest BCUT2D eigenvalue weighted by atomic mass is 9.88. The van der Waals surface area contributed by atoms with Crippen LogP contribution in [0.2, 0.25) is 0 Å². The molecule has 0 N–H and O–H groups in total.